The smallest absolute Gasteiger partial charge is 0.297 e. The lowest BCUT2D eigenvalue weighted by atomic mass is 10.1. The van der Waals surface area contributed by atoms with Gasteiger partial charge in [0.15, 0.2) is 0 Å². The van der Waals surface area contributed by atoms with Crippen molar-refractivity contribution in [3.63, 3.8) is 0 Å². The van der Waals surface area contributed by atoms with E-state index in [4.69, 9.17) is 5.26 Å². The molecular formula is C11H15N3O2. The minimum Gasteiger partial charge on any atom is -0.297 e. The normalized spacial score (nSPS) is 10.4. The molecule has 1 aromatic rings. The maximum Gasteiger partial charge on any atom is 0.328 e. The van der Waals surface area contributed by atoms with Crippen LogP contribution in [0, 0.1) is 24.2 Å². The molecule has 1 rings (SSSR count). The maximum atomic E-state index is 11.5. The monoisotopic (exact) mass is 221 g/mol. The van der Waals surface area contributed by atoms with Gasteiger partial charge in [-0.15, -0.1) is 0 Å². The molecular weight excluding hydrogens is 206 g/mol. The molecule has 0 radical (unpaired) electrons. The number of nitrogens with one attached hydrogen (secondary N) is 1. The predicted molar refractivity (Wildman–Crippen MR) is 60.2 cm³/mol. The van der Waals surface area contributed by atoms with Crippen molar-refractivity contribution in [1.82, 2.24) is 9.55 Å². The molecule has 0 aliphatic carbocycles. The molecule has 5 nitrogen and oxygen atoms in total. The van der Waals surface area contributed by atoms with Crippen molar-refractivity contribution in [2.45, 2.75) is 33.7 Å². The lowest BCUT2D eigenvalue weighted by Gasteiger charge is -2.11. The molecule has 0 unspecified atom stereocenters. The summed E-state index contributed by atoms with van der Waals surface area (Å²) in [5, 5.41) is 8.81. The highest BCUT2D eigenvalue weighted by Crippen LogP contribution is 2.04. The van der Waals surface area contributed by atoms with Crippen LogP contribution in [0.15, 0.2) is 9.59 Å². The fraction of sp³-hybridized carbons (Fsp3) is 0.545. The Kier molecular flexibility index (Phi) is 3.67. The molecule has 0 aliphatic heterocycles. The van der Waals surface area contributed by atoms with Gasteiger partial charge in [0.05, 0.1) is 0 Å². The average Bonchev–Trinajstić information content (AvgIpc) is 2.16. The Hall–Kier alpha value is -1.83. The standard InChI is InChI=1S/C11H15N3O2/c1-7(2)4-5-14-8(3)9(6-12)10(15)13-11(14)16/h7H,4-5H2,1-3H3,(H,13,15,16). The molecule has 0 aromatic carbocycles. The molecule has 0 fully saturated rings. The summed E-state index contributed by atoms with van der Waals surface area (Å²) in [7, 11) is 0. The summed E-state index contributed by atoms with van der Waals surface area (Å²) < 4.78 is 1.44. The van der Waals surface area contributed by atoms with Crippen molar-refractivity contribution in [2.75, 3.05) is 0 Å². The van der Waals surface area contributed by atoms with Gasteiger partial charge in [0.2, 0.25) is 0 Å². The Morgan fingerprint density at radius 3 is 2.56 bits per heavy atom. The second-order valence-corrected chi connectivity index (χ2v) is 4.17. The van der Waals surface area contributed by atoms with Crippen molar-refractivity contribution in [1.29, 1.82) is 5.26 Å². The second-order valence-electron chi connectivity index (χ2n) is 4.17. The highest BCUT2D eigenvalue weighted by molar-refractivity contribution is 5.29. The van der Waals surface area contributed by atoms with Crippen molar-refractivity contribution in [3.8, 4) is 6.07 Å². The van der Waals surface area contributed by atoms with Crippen LogP contribution in [0.3, 0.4) is 0 Å². The van der Waals surface area contributed by atoms with Crippen LogP contribution in [0.5, 0.6) is 0 Å². The summed E-state index contributed by atoms with van der Waals surface area (Å²) in [6, 6.07) is 1.82. The number of nitrogens with zero attached hydrogens (tertiary/aromatic N) is 2. The summed E-state index contributed by atoms with van der Waals surface area (Å²) in [6.45, 7) is 6.25. The molecule has 0 amide bonds. The number of aromatic nitrogens is 2. The SMILES string of the molecule is Cc1c(C#N)c(=O)[nH]c(=O)n1CCC(C)C. The van der Waals surface area contributed by atoms with E-state index >= 15 is 0 Å². The summed E-state index contributed by atoms with van der Waals surface area (Å²) >= 11 is 0. The topological polar surface area (TPSA) is 78.7 Å². The first-order chi connectivity index (χ1) is 7.47. The molecule has 0 spiro atoms. The molecule has 5 heteroatoms. The number of aromatic amines is 1. The molecule has 86 valence electrons. The Balaban J connectivity index is 3.25. The number of rotatable bonds is 3. The lowest BCUT2D eigenvalue weighted by molar-refractivity contribution is 0.494. The fourth-order valence-electron chi connectivity index (χ4n) is 1.47. The first-order valence-corrected chi connectivity index (χ1v) is 5.21. The zero-order valence-electron chi connectivity index (χ0n) is 9.70. The van der Waals surface area contributed by atoms with E-state index in [2.05, 4.69) is 18.8 Å². The molecule has 16 heavy (non-hydrogen) atoms. The van der Waals surface area contributed by atoms with Gasteiger partial charge in [-0.3, -0.25) is 14.3 Å². The number of hydrogen-bond donors (Lipinski definition) is 1. The Morgan fingerprint density at radius 2 is 2.06 bits per heavy atom. The van der Waals surface area contributed by atoms with E-state index in [0.717, 1.165) is 6.42 Å². The van der Waals surface area contributed by atoms with Crippen molar-refractivity contribution < 1.29 is 0 Å². The molecule has 0 saturated carbocycles. The van der Waals surface area contributed by atoms with E-state index in [1.165, 1.54) is 4.57 Å². The van der Waals surface area contributed by atoms with Gasteiger partial charge in [0, 0.05) is 12.2 Å². The number of H-pyrrole nitrogens is 1. The highest BCUT2D eigenvalue weighted by Gasteiger charge is 2.10. The van der Waals surface area contributed by atoms with Crippen molar-refractivity contribution in [3.05, 3.63) is 32.1 Å². The van der Waals surface area contributed by atoms with Crippen LogP contribution in [0.4, 0.5) is 0 Å². The first-order valence-electron chi connectivity index (χ1n) is 5.21. The van der Waals surface area contributed by atoms with E-state index in [1.54, 1.807) is 6.92 Å². The highest BCUT2D eigenvalue weighted by atomic mass is 16.2. The van der Waals surface area contributed by atoms with E-state index in [0.29, 0.717) is 18.2 Å². The fourth-order valence-corrected chi connectivity index (χ4v) is 1.47. The van der Waals surface area contributed by atoms with Crippen molar-refractivity contribution in [2.24, 2.45) is 5.92 Å². The number of nitriles is 1. The maximum absolute atomic E-state index is 11.5. The average molecular weight is 221 g/mol. The summed E-state index contributed by atoms with van der Waals surface area (Å²) in [6.07, 6.45) is 0.831. The Morgan fingerprint density at radius 1 is 1.44 bits per heavy atom. The van der Waals surface area contributed by atoms with E-state index in [1.807, 2.05) is 6.07 Å². The second kappa shape index (κ2) is 4.79. The van der Waals surface area contributed by atoms with Crippen LogP contribution in [0.25, 0.3) is 0 Å². The third kappa shape index (κ3) is 2.40. The summed E-state index contributed by atoms with van der Waals surface area (Å²) in [5.41, 5.74) is -0.590. The zero-order valence-corrected chi connectivity index (χ0v) is 9.70. The van der Waals surface area contributed by atoms with Gasteiger partial charge >= 0.3 is 5.69 Å². The van der Waals surface area contributed by atoms with Crippen LogP contribution in [-0.2, 0) is 6.54 Å². The van der Waals surface area contributed by atoms with Gasteiger partial charge in [-0.25, -0.2) is 4.79 Å². The molecule has 0 aliphatic rings. The van der Waals surface area contributed by atoms with Crippen LogP contribution in [-0.4, -0.2) is 9.55 Å². The molecule has 1 heterocycles. The third-order valence-electron chi connectivity index (χ3n) is 2.50. The molecule has 0 saturated heterocycles. The Bertz CT molecular complexity index is 532. The van der Waals surface area contributed by atoms with Gasteiger partial charge < -0.3 is 0 Å². The number of hydrogen-bond acceptors (Lipinski definition) is 3. The third-order valence-corrected chi connectivity index (χ3v) is 2.50. The lowest BCUT2D eigenvalue weighted by Crippen LogP contribution is -2.34. The first kappa shape index (κ1) is 12.2. The van der Waals surface area contributed by atoms with Crippen molar-refractivity contribution >= 4 is 0 Å². The predicted octanol–water partition coefficient (Wildman–Crippen LogP) is 0.763. The quantitative estimate of drug-likeness (QED) is 0.818. The zero-order chi connectivity index (χ0) is 12.3. The largest absolute Gasteiger partial charge is 0.328 e. The van der Waals surface area contributed by atoms with Gasteiger partial charge in [-0.05, 0) is 19.3 Å². The molecule has 1 N–H and O–H groups in total. The van der Waals surface area contributed by atoms with Crippen LogP contribution in [0.1, 0.15) is 31.5 Å². The molecule has 1 aromatic heterocycles. The van der Waals surface area contributed by atoms with Crippen LogP contribution in [0.2, 0.25) is 0 Å². The van der Waals surface area contributed by atoms with E-state index < -0.39 is 11.2 Å². The van der Waals surface area contributed by atoms with Gasteiger partial charge in [0.1, 0.15) is 11.6 Å². The van der Waals surface area contributed by atoms with E-state index in [-0.39, 0.29) is 5.56 Å². The van der Waals surface area contributed by atoms with Gasteiger partial charge in [-0.1, -0.05) is 13.8 Å². The van der Waals surface area contributed by atoms with Gasteiger partial charge in [0.25, 0.3) is 5.56 Å². The summed E-state index contributed by atoms with van der Waals surface area (Å²) in [4.78, 5) is 25.0. The van der Waals surface area contributed by atoms with Gasteiger partial charge in [-0.2, -0.15) is 5.26 Å². The van der Waals surface area contributed by atoms with Crippen LogP contribution < -0.4 is 11.2 Å². The minimum absolute atomic E-state index is 0.0170. The molecule has 0 bridgehead atoms. The van der Waals surface area contributed by atoms with Crippen LogP contribution >= 0.6 is 0 Å². The molecule has 0 atom stereocenters. The van der Waals surface area contributed by atoms with E-state index in [9.17, 15) is 9.59 Å². The minimum atomic E-state index is -0.606. The Labute approximate surface area is 93.4 Å². The summed E-state index contributed by atoms with van der Waals surface area (Å²) in [5.74, 6) is 0.462.